The molecular weight excluding hydrogens is 228 g/mol. The predicted molar refractivity (Wildman–Crippen MR) is 74.2 cm³/mol. The first kappa shape index (κ1) is 14.2. The fourth-order valence-electron chi connectivity index (χ4n) is 2.96. The first-order valence-corrected chi connectivity index (χ1v) is 7.04. The van der Waals surface area contributed by atoms with Crippen molar-refractivity contribution in [2.24, 2.45) is 11.8 Å². The summed E-state index contributed by atoms with van der Waals surface area (Å²) in [6.07, 6.45) is 0. The molecule has 6 nitrogen and oxygen atoms in total. The van der Waals surface area contributed by atoms with Crippen LogP contribution in [0.1, 0.15) is 0 Å². The standard InChI is InChI=1S/C12H28N6/c1-13-3-4-18(2)8-11-7-16-17-12(11)10-5-14-9-15-6-10/h10-17H,3-9H2,1-2H3. The highest BCUT2D eigenvalue weighted by molar-refractivity contribution is 4.92. The van der Waals surface area contributed by atoms with Gasteiger partial charge in [-0.25, -0.2) is 0 Å². The Hall–Kier alpha value is -0.240. The second-order valence-corrected chi connectivity index (χ2v) is 5.52. The van der Waals surface area contributed by atoms with E-state index in [2.05, 4.69) is 38.7 Å². The third-order valence-corrected chi connectivity index (χ3v) is 4.00. The normalized spacial score (nSPS) is 30.2. The second-order valence-electron chi connectivity index (χ2n) is 5.52. The Morgan fingerprint density at radius 2 is 2.00 bits per heavy atom. The highest BCUT2D eigenvalue weighted by atomic mass is 15.4. The van der Waals surface area contributed by atoms with Gasteiger partial charge in [0.1, 0.15) is 0 Å². The van der Waals surface area contributed by atoms with Crippen LogP contribution in [0.2, 0.25) is 0 Å². The lowest BCUT2D eigenvalue weighted by Gasteiger charge is -2.33. The van der Waals surface area contributed by atoms with Gasteiger partial charge in [-0.2, -0.15) is 0 Å². The highest BCUT2D eigenvalue weighted by Crippen LogP contribution is 2.18. The van der Waals surface area contributed by atoms with Gasteiger partial charge in [0.15, 0.2) is 0 Å². The third kappa shape index (κ3) is 3.88. The van der Waals surface area contributed by atoms with Crippen molar-refractivity contribution in [1.82, 2.24) is 31.7 Å². The van der Waals surface area contributed by atoms with E-state index in [-0.39, 0.29) is 0 Å². The number of likely N-dealkylation sites (N-methyl/N-ethyl adjacent to an activating group) is 2. The molecule has 0 spiro atoms. The summed E-state index contributed by atoms with van der Waals surface area (Å²) in [6, 6.07) is 0.572. The molecule has 2 aliphatic rings. The van der Waals surface area contributed by atoms with Gasteiger partial charge < -0.3 is 20.9 Å². The molecule has 0 radical (unpaired) electrons. The molecule has 5 N–H and O–H groups in total. The van der Waals surface area contributed by atoms with Gasteiger partial charge in [0.2, 0.25) is 0 Å². The zero-order valence-corrected chi connectivity index (χ0v) is 11.6. The number of nitrogens with zero attached hydrogens (tertiary/aromatic N) is 1. The largest absolute Gasteiger partial charge is 0.318 e. The number of hydrazine groups is 1. The van der Waals surface area contributed by atoms with Crippen LogP contribution in [-0.2, 0) is 0 Å². The van der Waals surface area contributed by atoms with Gasteiger partial charge in [-0.15, -0.1) is 0 Å². The lowest BCUT2D eigenvalue weighted by molar-refractivity contribution is 0.215. The molecule has 106 valence electrons. The van der Waals surface area contributed by atoms with Crippen LogP contribution in [0.15, 0.2) is 0 Å². The van der Waals surface area contributed by atoms with Crippen molar-refractivity contribution in [1.29, 1.82) is 0 Å². The minimum atomic E-state index is 0.572. The van der Waals surface area contributed by atoms with Crippen molar-refractivity contribution in [3.8, 4) is 0 Å². The van der Waals surface area contributed by atoms with Crippen molar-refractivity contribution in [3.05, 3.63) is 0 Å². The maximum absolute atomic E-state index is 3.47. The van der Waals surface area contributed by atoms with E-state index in [1.165, 1.54) is 0 Å². The van der Waals surface area contributed by atoms with Gasteiger partial charge >= 0.3 is 0 Å². The molecule has 0 amide bonds. The Bertz CT molecular complexity index is 231. The van der Waals surface area contributed by atoms with Gasteiger partial charge in [-0.1, -0.05) is 0 Å². The number of hydrogen-bond donors (Lipinski definition) is 5. The average Bonchev–Trinajstić information content (AvgIpc) is 2.85. The van der Waals surface area contributed by atoms with Crippen LogP contribution in [0.3, 0.4) is 0 Å². The zero-order chi connectivity index (χ0) is 12.8. The van der Waals surface area contributed by atoms with Crippen LogP contribution >= 0.6 is 0 Å². The second kappa shape index (κ2) is 7.37. The summed E-state index contributed by atoms with van der Waals surface area (Å²) in [6.45, 7) is 7.58. The monoisotopic (exact) mass is 256 g/mol. The van der Waals surface area contributed by atoms with Crippen LogP contribution in [0, 0.1) is 11.8 Å². The number of rotatable bonds is 6. The fourth-order valence-corrected chi connectivity index (χ4v) is 2.96. The molecule has 2 saturated heterocycles. The molecule has 0 aromatic carbocycles. The summed E-state index contributed by atoms with van der Waals surface area (Å²) in [7, 11) is 4.22. The summed E-state index contributed by atoms with van der Waals surface area (Å²) in [5.41, 5.74) is 6.80. The molecule has 2 rings (SSSR count). The lowest BCUT2D eigenvalue weighted by Crippen LogP contribution is -2.53. The van der Waals surface area contributed by atoms with E-state index in [9.17, 15) is 0 Å². The molecule has 0 aromatic heterocycles. The molecule has 0 aliphatic carbocycles. The molecule has 2 fully saturated rings. The first-order valence-electron chi connectivity index (χ1n) is 7.04. The van der Waals surface area contributed by atoms with E-state index in [4.69, 9.17) is 0 Å². The van der Waals surface area contributed by atoms with E-state index in [0.29, 0.717) is 17.9 Å². The smallest absolute Gasteiger partial charge is 0.0454 e. The van der Waals surface area contributed by atoms with Gasteiger partial charge in [-0.3, -0.25) is 10.9 Å². The number of nitrogens with one attached hydrogen (secondary N) is 5. The van der Waals surface area contributed by atoms with Gasteiger partial charge in [0, 0.05) is 63.8 Å². The average molecular weight is 256 g/mol. The Kier molecular flexibility index (Phi) is 5.81. The van der Waals surface area contributed by atoms with Crippen molar-refractivity contribution in [2.75, 3.05) is 60.0 Å². The van der Waals surface area contributed by atoms with Crippen molar-refractivity contribution < 1.29 is 0 Å². The first-order chi connectivity index (χ1) is 8.81. The molecule has 0 bridgehead atoms. The molecule has 0 aromatic rings. The molecule has 2 aliphatic heterocycles. The quantitative estimate of drug-likeness (QED) is 0.379. The van der Waals surface area contributed by atoms with E-state index < -0.39 is 0 Å². The van der Waals surface area contributed by atoms with Gasteiger partial charge in [0.25, 0.3) is 0 Å². The van der Waals surface area contributed by atoms with Crippen LogP contribution in [0.5, 0.6) is 0 Å². The Labute approximate surface area is 110 Å². The molecule has 6 heteroatoms. The van der Waals surface area contributed by atoms with Gasteiger partial charge in [-0.05, 0) is 14.1 Å². The summed E-state index contributed by atoms with van der Waals surface area (Å²) in [5.74, 6) is 1.37. The highest BCUT2D eigenvalue weighted by Gasteiger charge is 2.34. The molecule has 2 unspecified atom stereocenters. The Balaban J connectivity index is 1.79. The van der Waals surface area contributed by atoms with Crippen LogP contribution in [0.25, 0.3) is 0 Å². The molecule has 2 atom stereocenters. The molecule has 18 heavy (non-hydrogen) atoms. The van der Waals surface area contributed by atoms with Crippen molar-refractivity contribution >= 4 is 0 Å². The minimum absolute atomic E-state index is 0.572. The van der Waals surface area contributed by atoms with Gasteiger partial charge in [0.05, 0.1) is 0 Å². The summed E-state index contributed by atoms with van der Waals surface area (Å²) < 4.78 is 0. The number of hydrogen-bond acceptors (Lipinski definition) is 6. The van der Waals surface area contributed by atoms with Crippen molar-refractivity contribution in [2.45, 2.75) is 6.04 Å². The lowest BCUT2D eigenvalue weighted by atomic mass is 9.88. The molecular formula is C12H28N6. The van der Waals surface area contributed by atoms with E-state index >= 15 is 0 Å². The van der Waals surface area contributed by atoms with Crippen molar-refractivity contribution in [3.63, 3.8) is 0 Å². The molecule has 2 heterocycles. The fraction of sp³-hybridized carbons (Fsp3) is 1.00. The zero-order valence-electron chi connectivity index (χ0n) is 11.6. The van der Waals surface area contributed by atoms with E-state index in [1.54, 1.807) is 0 Å². The van der Waals surface area contributed by atoms with E-state index in [0.717, 1.165) is 45.9 Å². The summed E-state index contributed by atoms with van der Waals surface area (Å²) in [5, 5.41) is 10.0. The Morgan fingerprint density at radius 1 is 1.22 bits per heavy atom. The SMILES string of the molecule is CNCCN(C)CC1CNNC1C1CNCNC1. The van der Waals surface area contributed by atoms with Crippen LogP contribution in [0.4, 0.5) is 0 Å². The minimum Gasteiger partial charge on any atom is -0.318 e. The molecule has 0 saturated carbocycles. The maximum atomic E-state index is 3.47. The van der Waals surface area contributed by atoms with E-state index in [1.807, 2.05) is 7.05 Å². The van der Waals surface area contributed by atoms with Crippen LogP contribution in [-0.4, -0.2) is 71.0 Å². The Morgan fingerprint density at radius 3 is 2.72 bits per heavy atom. The third-order valence-electron chi connectivity index (χ3n) is 4.00. The predicted octanol–water partition coefficient (Wildman–Crippen LogP) is -2.00. The summed E-state index contributed by atoms with van der Waals surface area (Å²) in [4.78, 5) is 2.42. The van der Waals surface area contributed by atoms with Crippen LogP contribution < -0.4 is 26.8 Å². The maximum Gasteiger partial charge on any atom is 0.0454 e. The topological polar surface area (TPSA) is 63.4 Å². The summed E-state index contributed by atoms with van der Waals surface area (Å²) >= 11 is 0.